The summed E-state index contributed by atoms with van der Waals surface area (Å²) in [7, 11) is 0. The molecule has 0 bridgehead atoms. The van der Waals surface area contributed by atoms with E-state index in [-0.39, 0.29) is 25.1 Å². The third-order valence-electron chi connectivity index (χ3n) is 3.09. The van der Waals surface area contributed by atoms with Gasteiger partial charge in [0.1, 0.15) is 0 Å². The zero-order chi connectivity index (χ0) is 12.3. The summed E-state index contributed by atoms with van der Waals surface area (Å²) >= 11 is 12.1. The lowest BCUT2D eigenvalue weighted by Gasteiger charge is -2.34. The molecule has 0 amide bonds. The number of aliphatic hydroxyl groups is 1. The first-order valence-electron chi connectivity index (χ1n) is 5.73. The van der Waals surface area contributed by atoms with Crippen molar-refractivity contribution in [2.45, 2.75) is 6.04 Å². The normalized spacial score (nSPS) is 18.2. The first kappa shape index (κ1) is 16.0. The molecule has 2 N–H and O–H groups in total. The predicted octanol–water partition coefficient (Wildman–Crippen LogP) is 2.35. The number of hydrogen-bond donors (Lipinski definition) is 2. The van der Waals surface area contributed by atoms with Crippen LogP contribution in [0.2, 0.25) is 10.0 Å². The van der Waals surface area contributed by atoms with Crippen LogP contribution in [0, 0.1) is 0 Å². The number of rotatable bonds is 3. The second-order valence-electron chi connectivity index (χ2n) is 4.15. The van der Waals surface area contributed by atoms with E-state index in [9.17, 15) is 5.11 Å². The Labute approximate surface area is 123 Å². The van der Waals surface area contributed by atoms with Crippen molar-refractivity contribution in [3.8, 4) is 0 Å². The Kier molecular flexibility index (Phi) is 6.71. The second kappa shape index (κ2) is 7.53. The van der Waals surface area contributed by atoms with Gasteiger partial charge in [0.25, 0.3) is 0 Å². The van der Waals surface area contributed by atoms with E-state index in [1.807, 2.05) is 12.1 Å². The highest BCUT2D eigenvalue weighted by atomic mass is 35.5. The standard InChI is InChI=1S/C12H16Cl2N2O.ClH/c13-9-1-2-10(11(14)7-9)12(8-17)16-5-3-15-4-6-16;/h1-2,7,12,15,17H,3-6,8H2;1H/t12-;/m0./s1. The summed E-state index contributed by atoms with van der Waals surface area (Å²) in [6.45, 7) is 3.80. The molecule has 1 atom stereocenters. The Bertz CT molecular complexity index is 384. The molecule has 1 saturated heterocycles. The zero-order valence-electron chi connectivity index (χ0n) is 9.90. The number of halogens is 3. The van der Waals surface area contributed by atoms with Crippen molar-refractivity contribution in [1.29, 1.82) is 0 Å². The van der Waals surface area contributed by atoms with Gasteiger partial charge in [0.15, 0.2) is 0 Å². The summed E-state index contributed by atoms with van der Waals surface area (Å²) in [5.74, 6) is 0. The monoisotopic (exact) mass is 310 g/mol. The van der Waals surface area contributed by atoms with Crippen molar-refractivity contribution in [2.24, 2.45) is 0 Å². The van der Waals surface area contributed by atoms with Gasteiger partial charge in [-0.2, -0.15) is 0 Å². The molecule has 2 rings (SSSR count). The van der Waals surface area contributed by atoms with Crippen molar-refractivity contribution in [2.75, 3.05) is 32.8 Å². The van der Waals surface area contributed by atoms with Gasteiger partial charge in [0, 0.05) is 36.2 Å². The number of nitrogens with one attached hydrogen (secondary N) is 1. The quantitative estimate of drug-likeness (QED) is 0.899. The first-order chi connectivity index (χ1) is 8.22. The summed E-state index contributed by atoms with van der Waals surface area (Å²) in [5, 5.41) is 14.1. The van der Waals surface area contributed by atoms with E-state index in [2.05, 4.69) is 10.2 Å². The molecular formula is C12H17Cl3N2O. The summed E-state index contributed by atoms with van der Waals surface area (Å²) in [6.07, 6.45) is 0. The van der Waals surface area contributed by atoms with Crippen LogP contribution in [-0.4, -0.2) is 42.8 Å². The van der Waals surface area contributed by atoms with Crippen molar-refractivity contribution < 1.29 is 5.11 Å². The molecule has 0 saturated carbocycles. The van der Waals surface area contributed by atoms with Gasteiger partial charge in [-0.3, -0.25) is 4.90 Å². The molecule has 18 heavy (non-hydrogen) atoms. The van der Waals surface area contributed by atoms with E-state index in [0.29, 0.717) is 10.0 Å². The fourth-order valence-corrected chi connectivity index (χ4v) is 2.71. The predicted molar refractivity (Wildman–Crippen MR) is 78.0 cm³/mol. The molecule has 0 aliphatic carbocycles. The SMILES string of the molecule is Cl.OC[C@@H](c1ccc(Cl)cc1Cl)N1CCNCC1. The van der Waals surface area contributed by atoms with Crippen LogP contribution in [0.1, 0.15) is 11.6 Å². The molecule has 0 aromatic heterocycles. The first-order valence-corrected chi connectivity index (χ1v) is 6.48. The van der Waals surface area contributed by atoms with Crippen LogP contribution in [0.15, 0.2) is 18.2 Å². The fourth-order valence-electron chi connectivity index (χ4n) is 2.18. The van der Waals surface area contributed by atoms with Gasteiger partial charge in [-0.25, -0.2) is 0 Å². The Morgan fingerprint density at radius 3 is 2.50 bits per heavy atom. The third-order valence-corrected chi connectivity index (χ3v) is 3.65. The maximum atomic E-state index is 9.57. The fraction of sp³-hybridized carbons (Fsp3) is 0.500. The molecule has 1 heterocycles. The lowest BCUT2D eigenvalue weighted by atomic mass is 10.1. The number of aliphatic hydroxyl groups excluding tert-OH is 1. The molecule has 0 radical (unpaired) electrons. The molecule has 1 aliphatic rings. The summed E-state index contributed by atoms with van der Waals surface area (Å²) in [6, 6.07) is 5.40. The summed E-state index contributed by atoms with van der Waals surface area (Å²) in [4.78, 5) is 2.24. The van der Waals surface area contributed by atoms with Crippen molar-refractivity contribution in [1.82, 2.24) is 10.2 Å². The Morgan fingerprint density at radius 1 is 1.28 bits per heavy atom. The van der Waals surface area contributed by atoms with Crippen LogP contribution in [0.3, 0.4) is 0 Å². The Balaban J connectivity index is 0.00000162. The molecule has 0 spiro atoms. The van der Waals surface area contributed by atoms with E-state index in [1.54, 1.807) is 6.07 Å². The van der Waals surface area contributed by atoms with Crippen LogP contribution in [-0.2, 0) is 0 Å². The average molecular weight is 312 g/mol. The molecule has 1 fully saturated rings. The zero-order valence-corrected chi connectivity index (χ0v) is 12.2. The van der Waals surface area contributed by atoms with Gasteiger partial charge >= 0.3 is 0 Å². The summed E-state index contributed by atoms with van der Waals surface area (Å²) in [5.41, 5.74) is 0.945. The summed E-state index contributed by atoms with van der Waals surface area (Å²) < 4.78 is 0. The minimum atomic E-state index is -0.0399. The van der Waals surface area contributed by atoms with Gasteiger partial charge in [0.2, 0.25) is 0 Å². The highest BCUT2D eigenvalue weighted by molar-refractivity contribution is 6.35. The van der Waals surface area contributed by atoms with Gasteiger partial charge < -0.3 is 10.4 Å². The highest BCUT2D eigenvalue weighted by Gasteiger charge is 2.23. The lowest BCUT2D eigenvalue weighted by molar-refractivity contribution is 0.111. The van der Waals surface area contributed by atoms with Gasteiger partial charge in [-0.05, 0) is 17.7 Å². The van der Waals surface area contributed by atoms with E-state index in [0.717, 1.165) is 31.7 Å². The minimum Gasteiger partial charge on any atom is -0.394 e. The molecule has 0 unspecified atom stereocenters. The lowest BCUT2D eigenvalue weighted by Crippen LogP contribution is -2.46. The number of hydrogen-bond acceptors (Lipinski definition) is 3. The van der Waals surface area contributed by atoms with Gasteiger partial charge in [0.05, 0.1) is 12.6 Å². The number of piperazine rings is 1. The van der Waals surface area contributed by atoms with Crippen LogP contribution < -0.4 is 5.32 Å². The topological polar surface area (TPSA) is 35.5 Å². The van der Waals surface area contributed by atoms with Crippen LogP contribution >= 0.6 is 35.6 Å². The van der Waals surface area contributed by atoms with Gasteiger partial charge in [-0.15, -0.1) is 12.4 Å². The molecule has 102 valence electrons. The van der Waals surface area contributed by atoms with Crippen molar-refractivity contribution in [3.05, 3.63) is 33.8 Å². The smallest absolute Gasteiger partial charge is 0.0629 e. The second-order valence-corrected chi connectivity index (χ2v) is 4.99. The Hall–Kier alpha value is -0.0300. The van der Waals surface area contributed by atoms with E-state index >= 15 is 0 Å². The largest absolute Gasteiger partial charge is 0.394 e. The molecule has 1 aliphatic heterocycles. The van der Waals surface area contributed by atoms with Crippen LogP contribution in [0.25, 0.3) is 0 Å². The highest BCUT2D eigenvalue weighted by Crippen LogP contribution is 2.29. The van der Waals surface area contributed by atoms with Crippen molar-refractivity contribution in [3.63, 3.8) is 0 Å². The third kappa shape index (κ3) is 3.73. The maximum absolute atomic E-state index is 9.57. The number of benzene rings is 1. The van der Waals surface area contributed by atoms with Crippen LogP contribution in [0.4, 0.5) is 0 Å². The minimum absolute atomic E-state index is 0. The maximum Gasteiger partial charge on any atom is 0.0629 e. The average Bonchev–Trinajstić information content (AvgIpc) is 2.34. The van der Waals surface area contributed by atoms with Gasteiger partial charge in [-0.1, -0.05) is 29.3 Å². The Morgan fingerprint density at radius 2 is 1.94 bits per heavy atom. The molecule has 3 nitrogen and oxygen atoms in total. The van der Waals surface area contributed by atoms with Crippen molar-refractivity contribution >= 4 is 35.6 Å². The van der Waals surface area contributed by atoms with E-state index < -0.39 is 0 Å². The molecule has 6 heteroatoms. The molecule has 1 aromatic carbocycles. The molecule has 1 aromatic rings. The van der Waals surface area contributed by atoms with E-state index in [4.69, 9.17) is 23.2 Å². The van der Waals surface area contributed by atoms with Crippen LogP contribution in [0.5, 0.6) is 0 Å². The van der Waals surface area contributed by atoms with E-state index in [1.165, 1.54) is 0 Å². The molecular weight excluding hydrogens is 295 g/mol. The number of nitrogens with zero attached hydrogens (tertiary/aromatic N) is 1.